The molecule has 0 aromatic heterocycles. The lowest BCUT2D eigenvalue weighted by molar-refractivity contribution is -0.104. The van der Waals surface area contributed by atoms with Crippen LogP contribution in [-0.4, -0.2) is 31.0 Å². The number of carbonyl (C=O) groups is 1. The molecule has 0 spiro atoms. The largest absolute Gasteiger partial charge is 0.363 e. The van der Waals surface area contributed by atoms with E-state index in [0.717, 1.165) is 42.1 Å². The Morgan fingerprint density at radius 2 is 2.00 bits per heavy atom. The van der Waals surface area contributed by atoms with Gasteiger partial charge in [0.05, 0.1) is 5.70 Å². The van der Waals surface area contributed by atoms with Crippen LogP contribution < -0.4 is 10.0 Å². The predicted molar refractivity (Wildman–Crippen MR) is 111 cm³/mol. The van der Waals surface area contributed by atoms with Crippen molar-refractivity contribution in [1.29, 1.82) is 0 Å². The minimum atomic E-state index is 0.681. The zero-order chi connectivity index (χ0) is 18.8. The van der Waals surface area contributed by atoms with Crippen molar-refractivity contribution in [3.8, 4) is 0 Å². The summed E-state index contributed by atoms with van der Waals surface area (Å²) in [6.07, 6.45) is 5.09. The molecule has 0 atom stereocenters. The molecule has 1 rings (SSSR count). The molecule has 0 heterocycles. The highest BCUT2D eigenvalue weighted by atomic mass is 32.2. The monoisotopic (exact) mass is 361 g/mol. The van der Waals surface area contributed by atoms with E-state index in [1.165, 1.54) is 11.1 Å². The topological polar surface area (TPSA) is 44.4 Å². The van der Waals surface area contributed by atoms with Gasteiger partial charge in [0.15, 0.2) is 0 Å². The molecule has 138 valence electrons. The van der Waals surface area contributed by atoms with Gasteiger partial charge < -0.3 is 14.9 Å². The Labute approximate surface area is 156 Å². The van der Waals surface area contributed by atoms with Crippen LogP contribution in [0.15, 0.2) is 41.4 Å². The molecule has 0 amide bonds. The van der Waals surface area contributed by atoms with Crippen molar-refractivity contribution < 1.29 is 4.79 Å². The Balaban J connectivity index is 3.18. The van der Waals surface area contributed by atoms with Gasteiger partial charge in [0, 0.05) is 25.5 Å². The molecule has 0 aliphatic carbocycles. The van der Waals surface area contributed by atoms with Crippen molar-refractivity contribution in [1.82, 2.24) is 9.62 Å². The molecule has 5 heteroatoms. The number of carbonyl (C=O) groups excluding carboxylic acids is 1. The Bertz CT molecular complexity index is 636. The Morgan fingerprint density at radius 1 is 1.28 bits per heavy atom. The van der Waals surface area contributed by atoms with Crippen LogP contribution in [0.25, 0.3) is 0 Å². The van der Waals surface area contributed by atoms with Crippen LogP contribution in [0.3, 0.4) is 0 Å². The van der Waals surface area contributed by atoms with Crippen LogP contribution in [-0.2, 0) is 4.79 Å². The maximum atomic E-state index is 11.1. The highest BCUT2D eigenvalue weighted by molar-refractivity contribution is 7.97. The molecule has 1 aromatic rings. The van der Waals surface area contributed by atoms with E-state index in [9.17, 15) is 4.79 Å². The summed E-state index contributed by atoms with van der Waals surface area (Å²) in [4.78, 5) is 13.1. The van der Waals surface area contributed by atoms with Crippen LogP contribution in [0, 0.1) is 13.8 Å². The lowest BCUT2D eigenvalue weighted by Crippen LogP contribution is -2.24. The van der Waals surface area contributed by atoms with Crippen LogP contribution in [0.4, 0.5) is 5.69 Å². The summed E-state index contributed by atoms with van der Waals surface area (Å²) in [5.74, 6) is 1.95. The van der Waals surface area contributed by atoms with E-state index in [1.54, 1.807) is 11.9 Å². The number of allylic oxidation sites excluding steroid dienone is 2. The number of nitrogens with one attached hydrogen (secondary N) is 2. The summed E-state index contributed by atoms with van der Waals surface area (Å²) in [5.41, 5.74) is 5.07. The van der Waals surface area contributed by atoms with Crippen molar-refractivity contribution in [3.05, 3.63) is 52.5 Å². The molecule has 0 bridgehead atoms. The summed E-state index contributed by atoms with van der Waals surface area (Å²) >= 11 is 1.67. The SMILES string of the molecule is CCCCSNC(/C=C(/C)C=O)=C(\Nc1ccc(C)cc1C)N(C)C. The molecule has 0 aliphatic heterocycles. The first-order chi connectivity index (χ1) is 11.9. The average molecular weight is 362 g/mol. The van der Waals surface area contributed by atoms with Crippen molar-refractivity contribution in [2.75, 3.05) is 25.2 Å². The van der Waals surface area contributed by atoms with E-state index in [4.69, 9.17) is 0 Å². The quantitative estimate of drug-likeness (QED) is 0.209. The van der Waals surface area contributed by atoms with Crippen LogP contribution in [0.1, 0.15) is 37.8 Å². The highest BCUT2D eigenvalue weighted by Gasteiger charge is 2.10. The first-order valence-electron chi connectivity index (χ1n) is 8.66. The normalized spacial score (nSPS) is 12.5. The van der Waals surface area contributed by atoms with Gasteiger partial charge in [0.25, 0.3) is 0 Å². The molecule has 0 saturated carbocycles. The molecular weight excluding hydrogens is 330 g/mol. The fourth-order valence-electron chi connectivity index (χ4n) is 2.25. The van der Waals surface area contributed by atoms with E-state index in [-0.39, 0.29) is 0 Å². The van der Waals surface area contributed by atoms with Crippen molar-refractivity contribution in [2.24, 2.45) is 0 Å². The van der Waals surface area contributed by atoms with Gasteiger partial charge in [0.1, 0.15) is 12.1 Å². The Morgan fingerprint density at radius 3 is 2.56 bits per heavy atom. The van der Waals surface area contributed by atoms with Gasteiger partial charge in [-0.05, 0) is 50.5 Å². The smallest absolute Gasteiger partial charge is 0.145 e. The molecule has 4 nitrogen and oxygen atoms in total. The molecule has 25 heavy (non-hydrogen) atoms. The first-order valence-corrected chi connectivity index (χ1v) is 9.64. The fraction of sp³-hybridized carbons (Fsp3) is 0.450. The van der Waals surface area contributed by atoms with Gasteiger partial charge in [0.2, 0.25) is 0 Å². The van der Waals surface area contributed by atoms with E-state index in [1.807, 2.05) is 32.0 Å². The maximum Gasteiger partial charge on any atom is 0.145 e. The number of unbranched alkanes of at least 4 members (excludes halogenated alkanes) is 1. The Hall–Kier alpha value is -1.88. The summed E-state index contributed by atoms with van der Waals surface area (Å²) < 4.78 is 3.41. The molecular formula is C20H31N3OS. The average Bonchev–Trinajstić information content (AvgIpc) is 2.56. The summed E-state index contributed by atoms with van der Waals surface area (Å²) in [6, 6.07) is 6.34. The number of nitrogens with zero attached hydrogens (tertiary/aromatic N) is 1. The second-order valence-corrected chi connectivity index (χ2v) is 7.31. The van der Waals surface area contributed by atoms with Gasteiger partial charge in [-0.1, -0.05) is 43.0 Å². The van der Waals surface area contributed by atoms with Crippen LogP contribution in [0.2, 0.25) is 0 Å². The Kier molecular flexibility index (Phi) is 9.21. The fourth-order valence-corrected chi connectivity index (χ4v) is 3.10. The molecule has 0 aliphatic rings. The lowest BCUT2D eigenvalue weighted by Gasteiger charge is -2.24. The number of aldehydes is 1. The number of rotatable bonds is 10. The number of hydrogen-bond acceptors (Lipinski definition) is 5. The summed E-state index contributed by atoms with van der Waals surface area (Å²) in [5, 5.41) is 3.51. The number of aryl methyl sites for hydroxylation is 2. The van der Waals surface area contributed by atoms with Crippen molar-refractivity contribution in [3.63, 3.8) is 0 Å². The third kappa shape index (κ3) is 7.26. The maximum absolute atomic E-state index is 11.1. The van der Waals surface area contributed by atoms with E-state index < -0.39 is 0 Å². The van der Waals surface area contributed by atoms with Gasteiger partial charge in [-0.2, -0.15) is 0 Å². The van der Waals surface area contributed by atoms with E-state index in [2.05, 4.69) is 49.0 Å². The molecule has 0 saturated heterocycles. The first kappa shape index (κ1) is 21.2. The van der Waals surface area contributed by atoms with Gasteiger partial charge >= 0.3 is 0 Å². The minimum absolute atomic E-state index is 0.681. The second-order valence-electron chi connectivity index (χ2n) is 6.41. The summed E-state index contributed by atoms with van der Waals surface area (Å²) in [6.45, 7) is 8.18. The van der Waals surface area contributed by atoms with Crippen LogP contribution >= 0.6 is 11.9 Å². The predicted octanol–water partition coefficient (Wildman–Crippen LogP) is 4.63. The van der Waals surface area contributed by atoms with Gasteiger partial charge in [-0.3, -0.25) is 4.79 Å². The van der Waals surface area contributed by atoms with E-state index >= 15 is 0 Å². The molecule has 0 radical (unpaired) electrons. The minimum Gasteiger partial charge on any atom is -0.363 e. The number of hydrogen-bond donors (Lipinski definition) is 2. The molecule has 2 N–H and O–H groups in total. The van der Waals surface area contributed by atoms with Crippen molar-refractivity contribution in [2.45, 2.75) is 40.5 Å². The zero-order valence-electron chi connectivity index (χ0n) is 16.3. The second kappa shape index (κ2) is 10.9. The lowest BCUT2D eigenvalue weighted by atomic mass is 10.1. The zero-order valence-corrected chi connectivity index (χ0v) is 17.1. The third-order valence-corrected chi connectivity index (χ3v) is 4.53. The van der Waals surface area contributed by atoms with E-state index in [0.29, 0.717) is 5.57 Å². The molecule has 1 aromatic carbocycles. The third-order valence-electron chi connectivity index (χ3n) is 3.68. The molecule has 0 fully saturated rings. The summed E-state index contributed by atoms with van der Waals surface area (Å²) in [7, 11) is 3.99. The number of anilines is 1. The van der Waals surface area contributed by atoms with Gasteiger partial charge in [-0.25, -0.2) is 0 Å². The molecule has 0 unspecified atom stereocenters. The van der Waals surface area contributed by atoms with Crippen molar-refractivity contribution >= 4 is 23.9 Å². The van der Waals surface area contributed by atoms with Gasteiger partial charge in [-0.15, -0.1) is 0 Å². The highest BCUT2D eigenvalue weighted by Crippen LogP contribution is 2.21. The standard InChI is InChI=1S/C20H31N3OS/c1-7-8-11-25-22-19(13-16(3)14-24)20(23(5)6)21-18-10-9-15(2)12-17(18)4/h9-10,12-14,21-22H,7-8,11H2,1-6H3/b16-13-,20-19+. The number of benzene rings is 1. The van der Waals surface area contributed by atoms with Crippen LogP contribution in [0.5, 0.6) is 0 Å².